The summed E-state index contributed by atoms with van der Waals surface area (Å²) in [5.74, 6) is 0.741. The summed E-state index contributed by atoms with van der Waals surface area (Å²) >= 11 is 0. The summed E-state index contributed by atoms with van der Waals surface area (Å²) in [6.07, 6.45) is 1.22. The molecular weight excluding hydrogens is 196 g/mol. The standard InChI is InChI=1S/C14H24N2/c1-12(2)7-9-16(10-8-15)14-6-4-5-13(3)11-14/h4-6,11-12H,7-10,15H2,1-3H3. The second-order valence-electron chi connectivity index (χ2n) is 4.80. The van der Waals surface area contributed by atoms with Crippen LogP contribution in [-0.4, -0.2) is 19.6 Å². The van der Waals surface area contributed by atoms with Crippen LogP contribution in [0.4, 0.5) is 5.69 Å². The van der Waals surface area contributed by atoms with E-state index in [0.717, 1.165) is 19.0 Å². The largest absolute Gasteiger partial charge is 0.370 e. The first-order valence-corrected chi connectivity index (χ1v) is 6.15. The SMILES string of the molecule is Cc1cccc(N(CCN)CCC(C)C)c1. The smallest absolute Gasteiger partial charge is 0.0369 e. The molecule has 0 fully saturated rings. The predicted octanol–water partition coefficient (Wildman–Crippen LogP) is 2.81. The number of benzene rings is 1. The molecule has 1 aromatic rings. The van der Waals surface area contributed by atoms with Crippen LogP contribution in [0.1, 0.15) is 25.8 Å². The van der Waals surface area contributed by atoms with E-state index in [-0.39, 0.29) is 0 Å². The van der Waals surface area contributed by atoms with Crippen LogP contribution in [-0.2, 0) is 0 Å². The van der Waals surface area contributed by atoms with Crippen molar-refractivity contribution >= 4 is 5.69 Å². The Morgan fingerprint density at radius 2 is 2.00 bits per heavy atom. The zero-order chi connectivity index (χ0) is 12.0. The second-order valence-corrected chi connectivity index (χ2v) is 4.80. The Hall–Kier alpha value is -1.02. The number of aryl methyl sites for hydroxylation is 1. The maximum atomic E-state index is 5.67. The summed E-state index contributed by atoms with van der Waals surface area (Å²) in [6, 6.07) is 8.65. The molecule has 2 heteroatoms. The van der Waals surface area contributed by atoms with Gasteiger partial charge in [0.2, 0.25) is 0 Å². The van der Waals surface area contributed by atoms with Crippen LogP contribution >= 0.6 is 0 Å². The molecule has 0 radical (unpaired) electrons. The van der Waals surface area contributed by atoms with Crippen molar-refractivity contribution in [2.75, 3.05) is 24.5 Å². The quantitative estimate of drug-likeness (QED) is 0.798. The molecule has 0 aliphatic carbocycles. The maximum absolute atomic E-state index is 5.67. The minimum atomic E-state index is 0.714. The molecule has 2 N–H and O–H groups in total. The zero-order valence-electron chi connectivity index (χ0n) is 10.7. The highest BCUT2D eigenvalue weighted by molar-refractivity contribution is 5.48. The highest BCUT2D eigenvalue weighted by Crippen LogP contribution is 2.16. The van der Waals surface area contributed by atoms with Crippen molar-refractivity contribution in [2.45, 2.75) is 27.2 Å². The number of nitrogens with zero attached hydrogens (tertiary/aromatic N) is 1. The summed E-state index contributed by atoms with van der Waals surface area (Å²) in [5, 5.41) is 0. The minimum Gasteiger partial charge on any atom is -0.370 e. The Morgan fingerprint density at radius 1 is 1.25 bits per heavy atom. The third-order valence-electron chi connectivity index (χ3n) is 2.74. The van der Waals surface area contributed by atoms with Crippen molar-refractivity contribution < 1.29 is 0 Å². The van der Waals surface area contributed by atoms with Crippen molar-refractivity contribution in [3.63, 3.8) is 0 Å². The van der Waals surface area contributed by atoms with Gasteiger partial charge >= 0.3 is 0 Å². The molecule has 0 bridgehead atoms. The van der Waals surface area contributed by atoms with Gasteiger partial charge in [-0.25, -0.2) is 0 Å². The first kappa shape index (κ1) is 13.0. The lowest BCUT2D eigenvalue weighted by atomic mass is 10.1. The molecular formula is C14H24N2. The van der Waals surface area contributed by atoms with Crippen molar-refractivity contribution in [2.24, 2.45) is 11.7 Å². The molecule has 0 aliphatic rings. The van der Waals surface area contributed by atoms with Crippen molar-refractivity contribution in [3.05, 3.63) is 29.8 Å². The van der Waals surface area contributed by atoms with E-state index in [1.807, 2.05) is 0 Å². The Bertz CT molecular complexity index is 307. The Balaban J connectivity index is 2.68. The van der Waals surface area contributed by atoms with Crippen molar-refractivity contribution in [1.29, 1.82) is 0 Å². The fraction of sp³-hybridized carbons (Fsp3) is 0.571. The molecule has 0 unspecified atom stereocenters. The average Bonchev–Trinajstić information content (AvgIpc) is 2.24. The van der Waals surface area contributed by atoms with E-state index in [9.17, 15) is 0 Å². The number of hydrogen-bond acceptors (Lipinski definition) is 2. The molecule has 0 amide bonds. The highest BCUT2D eigenvalue weighted by Gasteiger charge is 2.06. The first-order valence-electron chi connectivity index (χ1n) is 6.15. The summed E-state index contributed by atoms with van der Waals surface area (Å²) in [4.78, 5) is 2.38. The van der Waals surface area contributed by atoms with Gasteiger partial charge in [-0.3, -0.25) is 0 Å². The van der Waals surface area contributed by atoms with Crippen LogP contribution in [0.15, 0.2) is 24.3 Å². The van der Waals surface area contributed by atoms with Gasteiger partial charge in [0, 0.05) is 25.3 Å². The van der Waals surface area contributed by atoms with Gasteiger partial charge in [0.15, 0.2) is 0 Å². The molecule has 2 nitrogen and oxygen atoms in total. The molecule has 0 aromatic heterocycles. The molecule has 0 saturated heterocycles. The minimum absolute atomic E-state index is 0.714. The lowest BCUT2D eigenvalue weighted by Gasteiger charge is -2.25. The predicted molar refractivity (Wildman–Crippen MR) is 71.9 cm³/mol. The number of rotatable bonds is 6. The molecule has 1 aromatic carbocycles. The monoisotopic (exact) mass is 220 g/mol. The first-order chi connectivity index (χ1) is 7.63. The van der Waals surface area contributed by atoms with E-state index < -0.39 is 0 Å². The number of nitrogens with two attached hydrogens (primary N) is 1. The molecule has 0 heterocycles. The van der Waals surface area contributed by atoms with E-state index >= 15 is 0 Å². The van der Waals surface area contributed by atoms with Gasteiger partial charge in [0.25, 0.3) is 0 Å². The van der Waals surface area contributed by atoms with Gasteiger partial charge in [0.05, 0.1) is 0 Å². The van der Waals surface area contributed by atoms with Crippen LogP contribution in [0.3, 0.4) is 0 Å². The van der Waals surface area contributed by atoms with E-state index in [1.165, 1.54) is 17.7 Å². The van der Waals surface area contributed by atoms with E-state index in [0.29, 0.717) is 6.54 Å². The van der Waals surface area contributed by atoms with E-state index in [1.54, 1.807) is 0 Å². The normalized spacial score (nSPS) is 10.8. The van der Waals surface area contributed by atoms with Gasteiger partial charge in [0.1, 0.15) is 0 Å². The zero-order valence-corrected chi connectivity index (χ0v) is 10.7. The van der Waals surface area contributed by atoms with Crippen molar-refractivity contribution in [1.82, 2.24) is 0 Å². The summed E-state index contributed by atoms with van der Waals surface area (Å²) < 4.78 is 0. The molecule has 0 atom stereocenters. The number of anilines is 1. The van der Waals surface area contributed by atoms with Gasteiger partial charge in [-0.05, 0) is 37.0 Å². The van der Waals surface area contributed by atoms with Crippen LogP contribution in [0.5, 0.6) is 0 Å². The fourth-order valence-corrected chi connectivity index (χ4v) is 1.76. The van der Waals surface area contributed by atoms with Crippen molar-refractivity contribution in [3.8, 4) is 0 Å². The molecule has 1 rings (SSSR count). The third kappa shape index (κ3) is 4.23. The van der Waals surface area contributed by atoms with Gasteiger partial charge in [-0.15, -0.1) is 0 Å². The summed E-state index contributed by atoms with van der Waals surface area (Å²) in [6.45, 7) is 9.40. The Kier molecular flexibility index (Phi) is 5.33. The Morgan fingerprint density at radius 3 is 2.56 bits per heavy atom. The average molecular weight is 220 g/mol. The molecule has 0 aliphatic heterocycles. The lowest BCUT2D eigenvalue weighted by Crippen LogP contribution is -2.31. The summed E-state index contributed by atoms with van der Waals surface area (Å²) in [5.41, 5.74) is 8.28. The van der Waals surface area contributed by atoms with Gasteiger partial charge < -0.3 is 10.6 Å². The Labute approximate surface area is 99.5 Å². The topological polar surface area (TPSA) is 29.3 Å². The van der Waals surface area contributed by atoms with Crippen LogP contribution in [0, 0.1) is 12.8 Å². The molecule has 16 heavy (non-hydrogen) atoms. The van der Waals surface area contributed by atoms with E-state index in [2.05, 4.69) is 49.9 Å². The number of hydrogen-bond donors (Lipinski definition) is 1. The van der Waals surface area contributed by atoms with Gasteiger partial charge in [-0.1, -0.05) is 26.0 Å². The van der Waals surface area contributed by atoms with Crippen LogP contribution in [0.25, 0.3) is 0 Å². The van der Waals surface area contributed by atoms with Gasteiger partial charge in [-0.2, -0.15) is 0 Å². The molecule has 0 spiro atoms. The van der Waals surface area contributed by atoms with E-state index in [4.69, 9.17) is 5.73 Å². The summed E-state index contributed by atoms with van der Waals surface area (Å²) in [7, 11) is 0. The fourth-order valence-electron chi connectivity index (χ4n) is 1.76. The lowest BCUT2D eigenvalue weighted by molar-refractivity contribution is 0.573. The maximum Gasteiger partial charge on any atom is 0.0369 e. The second kappa shape index (κ2) is 6.54. The van der Waals surface area contributed by atoms with Crippen LogP contribution in [0.2, 0.25) is 0 Å². The molecule has 90 valence electrons. The molecule has 0 saturated carbocycles. The highest BCUT2D eigenvalue weighted by atomic mass is 15.1. The van der Waals surface area contributed by atoms with Crippen LogP contribution < -0.4 is 10.6 Å². The third-order valence-corrected chi connectivity index (χ3v) is 2.74.